The molecular weight excluding hydrogens is 230 g/mol. The fourth-order valence-electron chi connectivity index (χ4n) is 1.23. The predicted molar refractivity (Wildman–Crippen MR) is 60.3 cm³/mol. The zero-order valence-electron chi connectivity index (χ0n) is 8.66. The van der Waals surface area contributed by atoms with Gasteiger partial charge in [0, 0.05) is 5.02 Å². The number of nitrogens with one attached hydrogen (secondary N) is 2. The predicted octanol–water partition coefficient (Wildman–Crippen LogP) is 0.507. The van der Waals surface area contributed by atoms with Gasteiger partial charge in [-0.15, -0.1) is 0 Å². The minimum Gasteiger partial charge on any atom is -0.341 e. The summed E-state index contributed by atoms with van der Waals surface area (Å²) in [5, 5.41) is 3.00. The standard InChI is InChI=1S/C10H12ClN3O2/c1-6(13-9(15)10(16)14-12)7-4-2-3-5-8(7)11/h2-6H,12H2,1H3,(H,13,15)(H,14,16). The summed E-state index contributed by atoms with van der Waals surface area (Å²) < 4.78 is 0. The summed E-state index contributed by atoms with van der Waals surface area (Å²) in [6.07, 6.45) is 0. The van der Waals surface area contributed by atoms with Crippen LogP contribution in [0.4, 0.5) is 0 Å². The SMILES string of the molecule is CC(NC(=O)C(=O)NN)c1ccccc1Cl. The Labute approximate surface area is 97.9 Å². The van der Waals surface area contributed by atoms with Crippen LogP contribution in [0.5, 0.6) is 0 Å². The quantitative estimate of drug-likeness (QED) is 0.305. The molecule has 6 heteroatoms. The molecule has 0 spiro atoms. The van der Waals surface area contributed by atoms with E-state index in [2.05, 4.69) is 5.32 Å². The molecule has 1 aromatic rings. The Bertz CT molecular complexity index is 409. The summed E-state index contributed by atoms with van der Waals surface area (Å²) in [7, 11) is 0. The van der Waals surface area contributed by atoms with E-state index in [4.69, 9.17) is 17.4 Å². The lowest BCUT2D eigenvalue weighted by Gasteiger charge is -2.14. The second kappa shape index (κ2) is 5.48. The van der Waals surface area contributed by atoms with E-state index in [1.54, 1.807) is 36.6 Å². The Morgan fingerprint density at radius 3 is 2.50 bits per heavy atom. The van der Waals surface area contributed by atoms with Gasteiger partial charge < -0.3 is 5.32 Å². The number of hydrogen-bond acceptors (Lipinski definition) is 3. The van der Waals surface area contributed by atoms with Crippen LogP contribution in [0.2, 0.25) is 5.02 Å². The molecule has 1 unspecified atom stereocenters. The zero-order valence-corrected chi connectivity index (χ0v) is 9.41. The molecule has 16 heavy (non-hydrogen) atoms. The van der Waals surface area contributed by atoms with Gasteiger partial charge in [0.25, 0.3) is 0 Å². The molecule has 4 N–H and O–H groups in total. The molecule has 0 fully saturated rings. The van der Waals surface area contributed by atoms with Crippen LogP contribution in [0.3, 0.4) is 0 Å². The first-order valence-corrected chi connectivity index (χ1v) is 5.00. The number of benzene rings is 1. The lowest BCUT2D eigenvalue weighted by atomic mass is 10.1. The molecule has 0 aliphatic rings. The minimum atomic E-state index is -0.890. The maximum absolute atomic E-state index is 11.2. The maximum Gasteiger partial charge on any atom is 0.323 e. The summed E-state index contributed by atoms with van der Waals surface area (Å²) in [5.74, 6) is 3.14. The largest absolute Gasteiger partial charge is 0.341 e. The van der Waals surface area contributed by atoms with Crippen molar-refractivity contribution in [2.24, 2.45) is 5.84 Å². The first-order valence-electron chi connectivity index (χ1n) is 4.62. The maximum atomic E-state index is 11.2. The smallest absolute Gasteiger partial charge is 0.323 e. The van der Waals surface area contributed by atoms with E-state index in [0.717, 1.165) is 5.56 Å². The second-order valence-corrected chi connectivity index (χ2v) is 3.60. The molecule has 0 aliphatic carbocycles. The van der Waals surface area contributed by atoms with Crippen LogP contribution in [0.25, 0.3) is 0 Å². The molecule has 86 valence electrons. The van der Waals surface area contributed by atoms with Crippen LogP contribution in [0, 0.1) is 0 Å². The van der Waals surface area contributed by atoms with Crippen LogP contribution in [-0.4, -0.2) is 11.8 Å². The third kappa shape index (κ3) is 2.95. The number of nitrogens with two attached hydrogens (primary N) is 1. The van der Waals surface area contributed by atoms with Gasteiger partial charge in [-0.25, -0.2) is 5.84 Å². The molecular formula is C10H12ClN3O2. The van der Waals surface area contributed by atoms with Gasteiger partial charge in [-0.1, -0.05) is 29.8 Å². The number of hydrazine groups is 1. The number of hydrogen-bond donors (Lipinski definition) is 3. The van der Waals surface area contributed by atoms with Crippen molar-refractivity contribution >= 4 is 23.4 Å². The van der Waals surface area contributed by atoms with Crippen molar-refractivity contribution in [3.05, 3.63) is 34.9 Å². The second-order valence-electron chi connectivity index (χ2n) is 3.19. The summed E-state index contributed by atoms with van der Waals surface area (Å²) >= 11 is 5.94. The van der Waals surface area contributed by atoms with Gasteiger partial charge in [0.1, 0.15) is 0 Å². The number of halogens is 1. The summed E-state index contributed by atoms with van der Waals surface area (Å²) in [6, 6.07) is 6.70. The monoisotopic (exact) mass is 241 g/mol. The van der Waals surface area contributed by atoms with Crippen molar-refractivity contribution in [2.45, 2.75) is 13.0 Å². The van der Waals surface area contributed by atoms with Crippen molar-refractivity contribution in [1.29, 1.82) is 0 Å². The van der Waals surface area contributed by atoms with E-state index in [1.807, 2.05) is 0 Å². The van der Waals surface area contributed by atoms with Crippen LogP contribution in [-0.2, 0) is 9.59 Å². The van der Waals surface area contributed by atoms with E-state index < -0.39 is 11.8 Å². The Morgan fingerprint density at radius 2 is 1.94 bits per heavy atom. The summed E-state index contributed by atoms with van der Waals surface area (Å²) in [4.78, 5) is 22.1. The third-order valence-corrected chi connectivity index (χ3v) is 2.40. The van der Waals surface area contributed by atoms with Crippen molar-refractivity contribution in [3.8, 4) is 0 Å². The van der Waals surface area contributed by atoms with Crippen molar-refractivity contribution in [2.75, 3.05) is 0 Å². The average Bonchev–Trinajstić information content (AvgIpc) is 2.28. The minimum absolute atomic E-state index is 0.363. The number of carbonyl (C=O) groups is 2. The highest BCUT2D eigenvalue weighted by Crippen LogP contribution is 2.21. The molecule has 5 nitrogen and oxygen atoms in total. The first-order chi connectivity index (χ1) is 7.56. The van der Waals surface area contributed by atoms with Crippen LogP contribution in [0.15, 0.2) is 24.3 Å². The van der Waals surface area contributed by atoms with Crippen LogP contribution in [0.1, 0.15) is 18.5 Å². The molecule has 0 aliphatic heterocycles. The molecule has 1 atom stereocenters. The first kappa shape index (κ1) is 12.5. The molecule has 0 heterocycles. The van der Waals surface area contributed by atoms with E-state index in [0.29, 0.717) is 5.02 Å². The highest BCUT2D eigenvalue weighted by molar-refractivity contribution is 6.35. The molecule has 1 aromatic carbocycles. The Hall–Kier alpha value is -1.59. The zero-order chi connectivity index (χ0) is 12.1. The molecule has 0 radical (unpaired) electrons. The van der Waals surface area contributed by atoms with Crippen LogP contribution < -0.4 is 16.6 Å². The van der Waals surface area contributed by atoms with Gasteiger partial charge in [-0.3, -0.25) is 15.0 Å². The number of amides is 2. The lowest BCUT2D eigenvalue weighted by Crippen LogP contribution is -2.43. The van der Waals surface area contributed by atoms with Gasteiger partial charge in [0.15, 0.2) is 0 Å². The van der Waals surface area contributed by atoms with Crippen LogP contribution >= 0.6 is 11.6 Å². The van der Waals surface area contributed by atoms with Gasteiger partial charge in [-0.2, -0.15) is 0 Å². The fraction of sp³-hybridized carbons (Fsp3) is 0.200. The van der Waals surface area contributed by atoms with E-state index >= 15 is 0 Å². The Balaban J connectivity index is 2.73. The van der Waals surface area contributed by atoms with Gasteiger partial charge in [0.2, 0.25) is 0 Å². The summed E-state index contributed by atoms with van der Waals surface area (Å²) in [6.45, 7) is 1.73. The van der Waals surface area contributed by atoms with Gasteiger partial charge in [0.05, 0.1) is 6.04 Å². The van der Waals surface area contributed by atoms with Crippen molar-refractivity contribution < 1.29 is 9.59 Å². The molecule has 0 aromatic heterocycles. The third-order valence-electron chi connectivity index (χ3n) is 2.06. The molecule has 0 saturated heterocycles. The molecule has 1 rings (SSSR count). The molecule has 0 saturated carbocycles. The normalized spacial score (nSPS) is 11.7. The Kier molecular flexibility index (Phi) is 4.28. The average molecular weight is 242 g/mol. The van der Waals surface area contributed by atoms with E-state index in [9.17, 15) is 9.59 Å². The van der Waals surface area contributed by atoms with Crippen molar-refractivity contribution in [3.63, 3.8) is 0 Å². The summed E-state index contributed by atoms with van der Waals surface area (Å²) in [5.41, 5.74) is 2.49. The highest BCUT2D eigenvalue weighted by atomic mass is 35.5. The molecule has 2 amide bonds. The topological polar surface area (TPSA) is 84.2 Å². The van der Waals surface area contributed by atoms with E-state index in [1.165, 1.54) is 0 Å². The number of rotatable bonds is 2. The highest BCUT2D eigenvalue weighted by Gasteiger charge is 2.16. The fourth-order valence-corrected chi connectivity index (χ4v) is 1.53. The van der Waals surface area contributed by atoms with Crippen molar-refractivity contribution in [1.82, 2.24) is 10.7 Å². The lowest BCUT2D eigenvalue weighted by molar-refractivity contribution is -0.139. The Morgan fingerprint density at radius 1 is 1.31 bits per heavy atom. The molecule has 0 bridgehead atoms. The van der Waals surface area contributed by atoms with Gasteiger partial charge >= 0.3 is 11.8 Å². The number of carbonyl (C=O) groups excluding carboxylic acids is 2. The van der Waals surface area contributed by atoms with E-state index in [-0.39, 0.29) is 6.04 Å². The van der Waals surface area contributed by atoms with Gasteiger partial charge in [-0.05, 0) is 18.6 Å².